The Morgan fingerprint density at radius 3 is 2.76 bits per heavy atom. The average Bonchev–Trinajstić information content (AvgIpc) is 3.55. The number of rotatable bonds is 5. The Kier molecular flexibility index (Phi) is 5.24. The molecule has 1 aromatic carbocycles. The van der Waals surface area contributed by atoms with E-state index in [1.54, 1.807) is 17.7 Å². The van der Waals surface area contributed by atoms with E-state index in [1.807, 2.05) is 0 Å². The van der Waals surface area contributed by atoms with Gasteiger partial charge in [0.25, 0.3) is 0 Å². The van der Waals surface area contributed by atoms with Crippen LogP contribution in [0.15, 0.2) is 54.2 Å². The van der Waals surface area contributed by atoms with E-state index >= 15 is 0 Å². The third-order valence-electron chi connectivity index (χ3n) is 6.63. The first kappa shape index (κ1) is 20.3. The van der Waals surface area contributed by atoms with E-state index < -0.39 is 0 Å². The topological polar surface area (TPSA) is 105 Å². The average molecular weight is 456 g/mol. The lowest BCUT2D eigenvalue weighted by molar-refractivity contribution is 0.344. The van der Waals surface area contributed by atoms with Gasteiger partial charge in [0.1, 0.15) is 12.1 Å². The number of hydrogen-bond acceptors (Lipinski definition) is 7. The van der Waals surface area contributed by atoms with Gasteiger partial charge in [0.05, 0.1) is 27.2 Å². The molecule has 0 unspecified atom stereocenters. The van der Waals surface area contributed by atoms with Crippen LogP contribution in [0.25, 0.3) is 43.8 Å². The van der Waals surface area contributed by atoms with Crippen molar-refractivity contribution in [3.05, 3.63) is 54.2 Å². The molecule has 6 rings (SSSR count). The number of nitrogens with one attached hydrogen (secondary N) is 2. The van der Waals surface area contributed by atoms with E-state index in [2.05, 4.69) is 73.3 Å². The van der Waals surface area contributed by atoms with Gasteiger partial charge in [-0.3, -0.25) is 5.10 Å². The molecule has 0 saturated heterocycles. The Hall–Kier alpha value is -3.36. The van der Waals surface area contributed by atoms with Crippen molar-refractivity contribution < 1.29 is 0 Å². The van der Waals surface area contributed by atoms with Crippen LogP contribution in [0.4, 0.5) is 5.82 Å². The minimum atomic E-state index is 0.389. The van der Waals surface area contributed by atoms with Crippen molar-refractivity contribution in [2.24, 2.45) is 11.7 Å². The fraction of sp³-hybridized carbons (Fsp3) is 0.280. The third kappa shape index (κ3) is 3.85. The third-order valence-corrected chi connectivity index (χ3v) is 7.52. The molecule has 0 spiro atoms. The number of anilines is 1. The van der Waals surface area contributed by atoms with Gasteiger partial charge in [0, 0.05) is 17.0 Å². The Morgan fingerprint density at radius 2 is 1.94 bits per heavy atom. The smallest absolute Gasteiger partial charge is 0.186 e. The number of nitrogens with two attached hydrogens (primary N) is 1. The lowest BCUT2D eigenvalue weighted by atomic mass is 9.86. The molecule has 1 aliphatic carbocycles. The minimum Gasteiger partial charge on any atom is -0.367 e. The standard InChI is InChI=1S/C25H25N7S/c26-13-15-3-8-18(9-4-15)29-24-22-23(31-32-25(22)28-14-27-24)17-6-5-16-7-10-19(30-20(16)12-17)21-2-1-11-33-21/h1-2,5-7,10-12,14-15,18H,3-4,8-9,13,26H2,(H2,27,28,29,31,32). The van der Waals surface area contributed by atoms with Crippen LogP contribution in [-0.2, 0) is 0 Å². The van der Waals surface area contributed by atoms with E-state index in [-0.39, 0.29) is 0 Å². The molecule has 4 aromatic heterocycles. The van der Waals surface area contributed by atoms with Crippen molar-refractivity contribution in [2.75, 3.05) is 11.9 Å². The van der Waals surface area contributed by atoms with Crippen molar-refractivity contribution in [3.63, 3.8) is 0 Å². The molecular weight excluding hydrogens is 430 g/mol. The molecule has 33 heavy (non-hydrogen) atoms. The normalized spacial score (nSPS) is 18.7. The van der Waals surface area contributed by atoms with Crippen LogP contribution in [0.1, 0.15) is 25.7 Å². The number of thiophene rings is 1. The predicted octanol–water partition coefficient (Wildman–Crippen LogP) is 5.23. The van der Waals surface area contributed by atoms with Crippen molar-refractivity contribution in [1.82, 2.24) is 25.1 Å². The summed E-state index contributed by atoms with van der Waals surface area (Å²) >= 11 is 1.70. The summed E-state index contributed by atoms with van der Waals surface area (Å²) in [5.74, 6) is 1.47. The number of benzene rings is 1. The minimum absolute atomic E-state index is 0.389. The Balaban J connectivity index is 1.37. The Morgan fingerprint density at radius 1 is 1.06 bits per heavy atom. The van der Waals surface area contributed by atoms with Crippen molar-refractivity contribution in [2.45, 2.75) is 31.7 Å². The number of pyridine rings is 1. The van der Waals surface area contributed by atoms with Crippen LogP contribution in [0, 0.1) is 5.92 Å². The molecule has 7 nitrogen and oxygen atoms in total. The highest BCUT2D eigenvalue weighted by atomic mass is 32.1. The second kappa shape index (κ2) is 8.53. The summed E-state index contributed by atoms with van der Waals surface area (Å²) in [5, 5.41) is 15.4. The summed E-state index contributed by atoms with van der Waals surface area (Å²) in [5.41, 5.74) is 10.4. The second-order valence-corrected chi connectivity index (χ2v) is 9.65. The SMILES string of the molecule is NCC1CCC(Nc2ncnc3n[nH]c(-c4ccc5ccc(-c6cccs6)nc5c4)c23)CC1. The van der Waals surface area contributed by atoms with Crippen LogP contribution in [0.3, 0.4) is 0 Å². The molecule has 1 saturated carbocycles. The zero-order valence-corrected chi connectivity index (χ0v) is 19.0. The first-order chi connectivity index (χ1) is 16.3. The van der Waals surface area contributed by atoms with Gasteiger partial charge in [-0.1, -0.05) is 24.3 Å². The molecule has 0 radical (unpaired) electrons. The van der Waals surface area contributed by atoms with Gasteiger partial charge in [-0.2, -0.15) is 5.10 Å². The molecule has 166 valence electrons. The van der Waals surface area contributed by atoms with Gasteiger partial charge in [0.15, 0.2) is 5.65 Å². The summed E-state index contributed by atoms with van der Waals surface area (Å²) in [4.78, 5) is 15.1. The number of aromatic nitrogens is 5. The van der Waals surface area contributed by atoms with Crippen molar-refractivity contribution >= 4 is 39.1 Å². The highest BCUT2D eigenvalue weighted by molar-refractivity contribution is 7.13. The first-order valence-corrected chi connectivity index (χ1v) is 12.3. The molecule has 0 amide bonds. The fourth-order valence-corrected chi connectivity index (χ4v) is 5.44. The zero-order valence-electron chi connectivity index (χ0n) is 18.2. The maximum atomic E-state index is 5.86. The predicted molar refractivity (Wildman–Crippen MR) is 134 cm³/mol. The highest BCUT2D eigenvalue weighted by Gasteiger charge is 2.22. The molecule has 0 atom stereocenters. The number of fused-ring (bicyclic) bond motifs is 2. The summed E-state index contributed by atoms with van der Waals surface area (Å²) < 4.78 is 0. The molecule has 0 aliphatic heterocycles. The maximum Gasteiger partial charge on any atom is 0.186 e. The van der Waals surface area contributed by atoms with Crippen molar-refractivity contribution in [3.8, 4) is 21.8 Å². The molecule has 4 heterocycles. The van der Waals surface area contributed by atoms with Crippen LogP contribution in [0.2, 0.25) is 0 Å². The Labute approximate surface area is 195 Å². The second-order valence-electron chi connectivity index (χ2n) is 8.70. The maximum absolute atomic E-state index is 5.86. The van der Waals surface area contributed by atoms with E-state index in [0.717, 1.165) is 71.3 Å². The molecular formula is C25H25N7S. The summed E-state index contributed by atoms with van der Waals surface area (Å²) in [6, 6.07) is 15.1. The van der Waals surface area contributed by atoms with Crippen LogP contribution < -0.4 is 11.1 Å². The van der Waals surface area contributed by atoms with Crippen LogP contribution >= 0.6 is 11.3 Å². The van der Waals surface area contributed by atoms with Gasteiger partial charge < -0.3 is 11.1 Å². The monoisotopic (exact) mass is 455 g/mol. The van der Waals surface area contributed by atoms with Gasteiger partial charge in [-0.25, -0.2) is 15.0 Å². The van der Waals surface area contributed by atoms with Gasteiger partial charge in [-0.05, 0) is 61.7 Å². The molecule has 1 aliphatic rings. The number of hydrogen-bond donors (Lipinski definition) is 3. The molecule has 1 fully saturated rings. The highest BCUT2D eigenvalue weighted by Crippen LogP contribution is 2.34. The van der Waals surface area contributed by atoms with Gasteiger partial charge >= 0.3 is 0 Å². The largest absolute Gasteiger partial charge is 0.367 e. The van der Waals surface area contributed by atoms with Gasteiger partial charge in [-0.15, -0.1) is 11.3 Å². The molecule has 4 N–H and O–H groups in total. The lowest BCUT2D eigenvalue weighted by Crippen LogP contribution is -2.29. The Bertz CT molecular complexity index is 1400. The first-order valence-electron chi connectivity index (χ1n) is 11.4. The number of H-pyrrole nitrogens is 1. The van der Waals surface area contributed by atoms with Crippen LogP contribution in [0.5, 0.6) is 0 Å². The van der Waals surface area contributed by atoms with Crippen LogP contribution in [-0.4, -0.2) is 37.7 Å². The number of nitrogens with zero attached hydrogens (tertiary/aromatic N) is 4. The van der Waals surface area contributed by atoms with E-state index in [0.29, 0.717) is 17.6 Å². The summed E-state index contributed by atoms with van der Waals surface area (Å²) in [6.07, 6.45) is 6.10. The van der Waals surface area contributed by atoms with E-state index in [1.165, 1.54) is 4.88 Å². The summed E-state index contributed by atoms with van der Waals surface area (Å²) in [6.45, 7) is 0.778. The molecule has 0 bridgehead atoms. The fourth-order valence-electron chi connectivity index (χ4n) is 4.74. The molecule has 8 heteroatoms. The van der Waals surface area contributed by atoms with Gasteiger partial charge in [0.2, 0.25) is 0 Å². The van der Waals surface area contributed by atoms with Crippen molar-refractivity contribution in [1.29, 1.82) is 0 Å². The lowest BCUT2D eigenvalue weighted by Gasteiger charge is -2.28. The summed E-state index contributed by atoms with van der Waals surface area (Å²) in [7, 11) is 0. The quantitative estimate of drug-likeness (QED) is 0.335. The van der Waals surface area contributed by atoms with E-state index in [9.17, 15) is 0 Å². The zero-order chi connectivity index (χ0) is 22.2. The van der Waals surface area contributed by atoms with E-state index in [4.69, 9.17) is 10.7 Å². The number of aromatic amines is 1. The molecule has 5 aromatic rings.